The summed E-state index contributed by atoms with van der Waals surface area (Å²) in [7, 11) is 1.74. The van der Waals surface area contributed by atoms with E-state index >= 15 is 0 Å². The molecule has 0 radical (unpaired) electrons. The van der Waals surface area contributed by atoms with Crippen molar-refractivity contribution in [1.29, 1.82) is 0 Å². The molecule has 1 amide bonds. The number of nitrogens with one attached hydrogen (secondary N) is 1. The van der Waals surface area contributed by atoms with E-state index in [1.54, 1.807) is 25.8 Å². The smallest absolute Gasteiger partial charge is 0.308 e. The van der Waals surface area contributed by atoms with Gasteiger partial charge in [0.1, 0.15) is 0 Å². The van der Waals surface area contributed by atoms with Crippen LogP contribution in [0.25, 0.3) is 0 Å². The van der Waals surface area contributed by atoms with Crippen LogP contribution in [0.1, 0.15) is 20.3 Å². The van der Waals surface area contributed by atoms with Gasteiger partial charge in [0.25, 0.3) is 0 Å². The molecule has 1 fully saturated rings. The van der Waals surface area contributed by atoms with E-state index in [0.717, 1.165) is 6.54 Å². The number of carbonyl (C=O) groups is 2. The summed E-state index contributed by atoms with van der Waals surface area (Å²) in [6.07, 6.45) is -0.0182. The number of likely N-dealkylation sites (N-methyl/N-ethyl adjacent to an activating group) is 1. The molecule has 5 nitrogen and oxygen atoms in total. The lowest BCUT2D eigenvalue weighted by Gasteiger charge is -2.29. The van der Waals surface area contributed by atoms with Gasteiger partial charge < -0.3 is 15.0 Å². The molecule has 1 saturated heterocycles. The Kier molecular flexibility index (Phi) is 4.08. The van der Waals surface area contributed by atoms with Crippen LogP contribution in [0.4, 0.5) is 0 Å². The van der Waals surface area contributed by atoms with Crippen molar-refractivity contribution < 1.29 is 14.3 Å². The highest BCUT2D eigenvalue weighted by atomic mass is 16.5. The van der Waals surface area contributed by atoms with Crippen molar-refractivity contribution in [2.45, 2.75) is 32.4 Å². The van der Waals surface area contributed by atoms with Gasteiger partial charge in [-0.25, -0.2) is 0 Å². The molecule has 86 valence electrons. The highest BCUT2D eigenvalue weighted by Crippen LogP contribution is 2.05. The first kappa shape index (κ1) is 12.0. The number of hydrogen-bond donors (Lipinski definition) is 1. The first-order valence-electron chi connectivity index (χ1n) is 5.18. The molecule has 0 aliphatic carbocycles. The molecule has 0 aromatic heterocycles. The van der Waals surface area contributed by atoms with E-state index in [4.69, 9.17) is 4.74 Å². The van der Waals surface area contributed by atoms with Gasteiger partial charge in [-0.05, 0) is 13.8 Å². The van der Waals surface area contributed by atoms with Crippen molar-refractivity contribution >= 4 is 11.9 Å². The normalized spacial score (nSPS) is 22.0. The zero-order chi connectivity index (χ0) is 11.4. The highest BCUT2D eigenvalue weighted by molar-refractivity contribution is 5.87. The van der Waals surface area contributed by atoms with Gasteiger partial charge in [-0.3, -0.25) is 9.59 Å². The Labute approximate surface area is 89.8 Å². The quantitative estimate of drug-likeness (QED) is 0.659. The Morgan fingerprint density at radius 1 is 1.67 bits per heavy atom. The van der Waals surface area contributed by atoms with Gasteiger partial charge in [-0.1, -0.05) is 0 Å². The lowest BCUT2D eigenvalue weighted by atomic mass is 10.1. The van der Waals surface area contributed by atoms with Crippen molar-refractivity contribution in [2.24, 2.45) is 0 Å². The van der Waals surface area contributed by atoms with Gasteiger partial charge in [-0.2, -0.15) is 0 Å². The Hall–Kier alpha value is -1.10. The Morgan fingerprint density at radius 2 is 2.33 bits per heavy atom. The summed E-state index contributed by atoms with van der Waals surface area (Å²) < 4.78 is 4.99. The van der Waals surface area contributed by atoms with E-state index in [1.807, 2.05) is 0 Å². The number of hydrogen-bond acceptors (Lipinski definition) is 4. The molecule has 1 atom stereocenters. The van der Waals surface area contributed by atoms with Crippen LogP contribution in [-0.4, -0.2) is 49.1 Å². The fraction of sp³-hybridized carbons (Fsp3) is 0.800. The van der Waals surface area contributed by atoms with Crippen LogP contribution in [0.5, 0.6) is 0 Å². The third-order valence-electron chi connectivity index (χ3n) is 2.25. The average Bonchev–Trinajstić information content (AvgIpc) is 2.11. The zero-order valence-electron chi connectivity index (χ0n) is 9.45. The maximum absolute atomic E-state index is 11.6. The molecule has 0 aromatic rings. The molecular formula is C10H18N2O3. The van der Waals surface area contributed by atoms with E-state index in [-0.39, 0.29) is 24.4 Å². The predicted molar refractivity (Wildman–Crippen MR) is 55.3 cm³/mol. The summed E-state index contributed by atoms with van der Waals surface area (Å²) in [6, 6.07) is -0.421. The summed E-state index contributed by atoms with van der Waals surface area (Å²) in [6.45, 7) is 5.00. The predicted octanol–water partition coefficient (Wildman–Crippen LogP) is -0.242. The number of rotatable bonds is 3. The highest BCUT2D eigenvalue weighted by Gasteiger charge is 2.28. The summed E-state index contributed by atoms with van der Waals surface area (Å²) in [5.74, 6) is -0.367. The standard InChI is InChI=1S/C10H18N2O3/c1-7(2)15-9(13)6-8-10(14)12(3)5-4-11-8/h7-8,11H,4-6H2,1-3H3. The SMILES string of the molecule is CC(C)OC(=O)CC1NCCN(C)C1=O. The monoisotopic (exact) mass is 214 g/mol. The number of esters is 1. The van der Waals surface area contributed by atoms with Crippen molar-refractivity contribution in [3.8, 4) is 0 Å². The molecule has 5 heteroatoms. The van der Waals surface area contributed by atoms with Gasteiger partial charge >= 0.3 is 5.97 Å². The zero-order valence-corrected chi connectivity index (χ0v) is 9.45. The maximum atomic E-state index is 11.6. The largest absolute Gasteiger partial charge is 0.463 e. The van der Waals surface area contributed by atoms with Crippen molar-refractivity contribution in [1.82, 2.24) is 10.2 Å². The van der Waals surface area contributed by atoms with Gasteiger partial charge in [0.2, 0.25) is 5.91 Å². The third kappa shape index (κ3) is 3.51. The second-order valence-electron chi connectivity index (χ2n) is 4.01. The van der Waals surface area contributed by atoms with E-state index in [0.29, 0.717) is 6.54 Å². The van der Waals surface area contributed by atoms with E-state index in [1.165, 1.54) is 0 Å². The molecule has 0 spiro atoms. The van der Waals surface area contributed by atoms with Crippen LogP contribution in [-0.2, 0) is 14.3 Å². The number of carbonyl (C=O) groups excluding carboxylic acids is 2. The fourth-order valence-corrected chi connectivity index (χ4v) is 1.51. The molecule has 1 rings (SSSR count). The number of ether oxygens (including phenoxy) is 1. The van der Waals surface area contributed by atoms with Gasteiger partial charge in [0, 0.05) is 20.1 Å². The summed E-state index contributed by atoms with van der Waals surface area (Å²) in [5.41, 5.74) is 0. The molecular weight excluding hydrogens is 196 g/mol. The minimum atomic E-state index is -0.421. The van der Waals surface area contributed by atoms with Crippen LogP contribution in [0.2, 0.25) is 0 Å². The summed E-state index contributed by atoms with van der Waals surface area (Å²) in [4.78, 5) is 24.6. The number of nitrogens with zero attached hydrogens (tertiary/aromatic N) is 1. The Morgan fingerprint density at radius 3 is 2.93 bits per heavy atom. The van der Waals surface area contributed by atoms with Crippen molar-refractivity contribution in [3.63, 3.8) is 0 Å². The first-order valence-corrected chi connectivity index (χ1v) is 5.18. The maximum Gasteiger partial charge on any atom is 0.308 e. The molecule has 1 aliphatic heterocycles. The lowest BCUT2D eigenvalue weighted by molar-refractivity contribution is -0.151. The lowest BCUT2D eigenvalue weighted by Crippen LogP contribution is -2.54. The van der Waals surface area contributed by atoms with Crippen molar-refractivity contribution in [2.75, 3.05) is 20.1 Å². The molecule has 1 aliphatic rings. The minimum Gasteiger partial charge on any atom is -0.463 e. The summed E-state index contributed by atoms with van der Waals surface area (Å²) >= 11 is 0. The molecule has 0 aromatic carbocycles. The van der Waals surface area contributed by atoms with Crippen molar-refractivity contribution in [3.05, 3.63) is 0 Å². The Balaban J connectivity index is 2.43. The second kappa shape index (κ2) is 5.11. The molecule has 1 unspecified atom stereocenters. The molecule has 0 bridgehead atoms. The molecule has 1 N–H and O–H groups in total. The van der Waals surface area contributed by atoms with Crippen LogP contribution in [0, 0.1) is 0 Å². The van der Waals surface area contributed by atoms with E-state index in [2.05, 4.69) is 5.32 Å². The van der Waals surface area contributed by atoms with Gasteiger partial charge in [-0.15, -0.1) is 0 Å². The average molecular weight is 214 g/mol. The first-order chi connectivity index (χ1) is 7.00. The Bertz CT molecular complexity index is 253. The van der Waals surface area contributed by atoms with Crippen LogP contribution < -0.4 is 5.32 Å². The minimum absolute atomic E-state index is 0.0399. The van der Waals surface area contributed by atoms with E-state index in [9.17, 15) is 9.59 Å². The van der Waals surface area contributed by atoms with Gasteiger partial charge in [0.05, 0.1) is 18.6 Å². The van der Waals surface area contributed by atoms with E-state index < -0.39 is 6.04 Å². The van der Waals surface area contributed by atoms with Gasteiger partial charge in [0.15, 0.2) is 0 Å². The fourth-order valence-electron chi connectivity index (χ4n) is 1.51. The third-order valence-corrected chi connectivity index (χ3v) is 2.25. The molecule has 1 heterocycles. The second-order valence-corrected chi connectivity index (χ2v) is 4.01. The molecule has 0 saturated carbocycles. The molecule has 15 heavy (non-hydrogen) atoms. The topological polar surface area (TPSA) is 58.6 Å². The van der Waals surface area contributed by atoms with Crippen LogP contribution in [0.15, 0.2) is 0 Å². The summed E-state index contributed by atoms with van der Waals surface area (Å²) in [5, 5.41) is 3.01. The van der Waals surface area contributed by atoms with Crippen LogP contribution in [0.3, 0.4) is 0 Å². The number of amides is 1. The number of piperazine rings is 1. The van der Waals surface area contributed by atoms with Crippen LogP contribution >= 0.6 is 0 Å².